The number of nitrogens with one attached hydrogen (secondary N) is 2. The van der Waals surface area contributed by atoms with Gasteiger partial charge in [-0.25, -0.2) is 15.0 Å². The lowest BCUT2D eigenvalue weighted by molar-refractivity contribution is 0.0423. The van der Waals surface area contributed by atoms with E-state index < -0.39 is 22.3 Å². The highest BCUT2D eigenvalue weighted by Gasteiger charge is 2.35. The molecule has 3 aromatic rings. The Labute approximate surface area is 218 Å². The smallest absolute Gasteiger partial charge is 0.333 e. The van der Waals surface area contributed by atoms with Crippen molar-refractivity contribution in [1.82, 2.24) is 24.2 Å². The lowest BCUT2D eigenvalue weighted by Gasteiger charge is -2.25. The molecule has 0 bridgehead atoms. The first-order chi connectivity index (χ1) is 17.6. The van der Waals surface area contributed by atoms with Gasteiger partial charge in [-0.15, -0.1) is 11.3 Å². The van der Waals surface area contributed by atoms with E-state index in [0.29, 0.717) is 35.7 Å². The molecule has 1 fully saturated rings. The van der Waals surface area contributed by atoms with Crippen LogP contribution in [0.5, 0.6) is 0 Å². The predicted octanol–water partition coefficient (Wildman–Crippen LogP) is 1.65. The number of carbonyl (C=O) groups excluding carboxylic acids is 1. The highest BCUT2D eigenvalue weighted by atomic mass is 32.2. The molecule has 0 unspecified atom stereocenters. The summed E-state index contributed by atoms with van der Waals surface area (Å²) in [6, 6.07) is 1.60. The van der Waals surface area contributed by atoms with E-state index in [9.17, 15) is 18.3 Å². The molecule has 3 aromatic heterocycles. The Morgan fingerprint density at radius 2 is 2.08 bits per heavy atom. The summed E-state index contributed by atoms with van der Waals surface area (Å²) < 4.78 is 41.1. The topological polar surface area (TPSA) is 169 Å². The van der Waals surface area contributed by atoms with E-state index in [1.165, 1.54) is 23.9 Å². The number of hydrogen-bond acceptors (Lipinski definition) is 10. The third-order valence-electron chi connectivity index (χ3n) is 6.87. The van der Waals surface area contributed by atoms with E-state index in [2.05, 4.69) is 24.8 Å². The van der Waals surface area contributed by atoms with Gasteiger partial charge in [0.2, 0.25) is 5.78 Å². The number of aliphatic hydroxyl groups is 1. The summed E-state index contributed by atoms with van der Waals surface area (Å²) >= 11 is 1.37. The first-order valence-corrected chi connectivity index (χ1v) is 14.1. The molecule has 37 heavy (non-hydrogen) atoms. The Balaban J connectivity index is 1.34. The summed E-state index contributed by atoms with van der Waals surface area (Å²) in [6.07, 6.45) is 4.26. The number of aliphatic hydroxyl groups excluding tert-OH is 1. The van der Waals surface area contributed by atoms with Gasteiger partial charge in [-0.2, -0.15) is 13.1 Å². The van der Waals surface area contributed by atoms with Gasteiger partial charge < -0.3 is 19.7 Å². The van der Waals surface area contributed by atoms with E-state index in [1.54, 1.807) is 0 Å². The van der Waals surface area contributed by atoms with Gasteiger partial charge in [-0.3, -0.25) is 9.35 Å². The summed E-state index contributed by atoms with van der Waals surface area (Å²) in [5.41, 5.74) is 2.27. The summed E-state index contributed by atoms with van der Waals surface area (Å²) in [4.78, 5) is 27.9. The summed E-state index contributed by atoms with van der Waals surface area (Å²) in [5.74, 6) is 0.538. The van der Waals surface area contributed by atoms with Crippen molar-refractivity contribution in [3.05, 3.63) is 57.2 Å². The minimum absolute atomic E-state index is 0.0913. The molecule has 4 heterocycles. The first kappa shape index (κ1) is 25.9. The van der Waals surface area contributed by atoms with E-state index in [4.69, 9.17) is 9.29 Å². The number of ketones is 1. The Hall–Kier alpha value is -2.75. The van der Waals surface area contributed by atoms with Crippen molar-refractivity contribution in [2.45, 2.75) is 51.5 Å². The summed E-state index contributed by atoms with van der Waals surface area (Å²) in [6.45, 7) is 5.17. The van der Waals surface area contributed by atoms with E-state index in [-0.39, 0.29) is 24.5 Å². The fourth-order valence-corrected chi connectivity index (χ4v) is 6.43. The molecule has 1 aliphatic heterocycles. The number of hydrogen-bond donors (Lipinski definition) is 4. The lowest BCUT2D eigenvalue weighted by atomic mass is 10.1. The Bertz CT molecular complexity index is 1420. The van der Waals surface area contributed by atoms with Gasteiger partial charge in [0.15, 0.2) is 0 Å². The monoisotopic (exact) mass is 548 g/mol. The van der Waals surface area contributed by atoms with Crippen LogP contribution in [0.3, 0.4) is 0 Å². The third-order valence-corrected chi connectivity index (χ3v) is 8.46. The Kier molecular flexibility index (Phi) is 7.13. The normalized spacial score (nSPS) is 23.7. The van der Waals surface area contributed by atoms with Crippen LogP contribution in [0.15, 0.2) is 24.8 Å². The van der Waals surface area contributed by atoms with Gasteiger partial charge in [0.05, 0.1) is 23.2 Å². The van der Waals surface area contributed by atoms with E-state index in [0.717, 1.165) is 28.5 Å². The molecule has 12 nitrogen and oxygen atoms in total. The molecule has 0 radical (unpaired) electrons. The van der Waals surface area contributed by atoms with Crippen molar-refractivity contribution < 1.29 is 27.6 Å². The van der Waals surface area contributed by atoms with Crippen LogP contribution in [-0.4, -0.2) is 68.7 Å². The summed E-state index contributed by atoms with van der Waals surface area (Å²) in [5, 5.41) is 13.6. The fourth-order valence-electron chi connectivity index (χ4n) is 5.00. The van der Waals surface area contributed by atoms with Crippen molar-refractivity contribution in [3.63, 3.8) is 0 Å². The molecule has 0 saturated heterocycles. The minimum Gasteiger partial charge on any atom is -0.393 e. The molecule has 2 aliphatic rings. The largest absolute Gasteiger partial charge is 0.393 e. The number of rotatable bonds is 8. The predicted molar refractivity (Wildman–Crippen MR) is 135 cm³/mol. The molecule has 0 amide bonds. The Morgan fingerprint density at radius 3 is 2.86 bits per heavy atom. The maximum absolute atomic E-state index is 13.6. The molecule has 0 aromatic carbocycles. The number of thiophene rings is 1. The van der Waals surface area contributed by atoms with Crippen LogP contribution in [0.25, 0.3) is 0 Å². The van der Waals surface area contributed by atoms with Crippen molar-refractivity contribution in [1.29, 1.82) is 0 Å². The Morgan fingerprint density at radius 1 is 1.27 bits per heavy atom. The second-order valence-electron chi connectivity index (χ2n) is 9.36. The molecule has 4 N–H and O–H groups in total. The van der Waals surface area contributed by atoms with Gasteiger partial charge >= 0.3 is 10.3 Å². The molecular weight excluding hydrogens is 520 g/mol. The van der Waals surface area contributed by atoms with E-state index >= 15 is 0 Å². The fraction of sp³-hybridized carbons (Fsp3) is 0.478. The highest BCUT2D eigenvalue weighted by Crippen LogP contribution is 2.36. The summed E-state index contributed by atoms with van der Waals surface area (Å²) in [7, 11) is -4.34. The molecule has 198 valence electrons. The van der Waals surface area contributed by atoms with Crippen LogP contribution in [0.2, 0.25) is 0 Å². The molecule has 14 heteroatoms. The van der Waals surface area contributed by atoms with Crippen molar-refractivity contribution in [2.24, 2.45) is 5.92 Å². The molecule has 1 aliphatic carbocycles. The number of ether oxygens (including phenoxy) is 1. The van der Waals surface area contributed by atoms with Crippen molar-refractivity contribution in [2.75, 3.05) is 18.5 Å². The number of anilines is 1. The molecule has 4 atom stereocenters. The third kappa shape index (κ3) is 5.44. The van der Waals surface area contributed by atoms with Crippen LogP contribution >= 0.6 is 11.3 Å². The number of imidazole rings is 1. The van der Waals surface area contributed by atoms with E-state index in [1.807, 2.05) is 30.8 Å². The zero-order chi connectivity index (χ0) is 26.3. The van der Waals surface area contributed by atoms with Crippen LogP contribution in [0, 0.1) is 19.8 Å². The second-order valence-corrected chi connectivity index (χ2v) is 11.9. The number of fused-ring (bicyclic) bond motifs is 1. The van der Waals surface area contributed by atoms with Crippen LogP contribution in [0.4, 0.5) is 5.82 Å². The lowest BCUT2D eigenvalue weighted by Crippen LogP contribution is -2.32. The molecule has 1 saturated carbocycles. The average Bonchev–Trinajstić information content (AvgIpc) is 3.54. The maximum Gasteiger partial charge on any atom is 0.333 e. The van der Waals surface area contributed by atoms with Gasteiger partial charge in [0, 0.05) is 53.6 Å². The van der Waals surface area contributed by atoms with Crippen molar-refractivity contribution in [3.8, 4) is 0 Å². The van der Waals surface area contributed by atoms with Crippen LogP contribution < -0.4 is 10.0 Å². The zero-order valence-electron chi connectivity index (χ0n) is 20.3. The zero-order valence-corrected chi connectivity index (χ0v) is 21.9. The van der Waals surface area contributed by atoms with Gasteiger partial charge in [0.25, 0.3) is 0 Å². The van der Waals surface area contributed by atoms with Crippen LogP contribution in [-0.2, 0) is 21.6 Å². The highest BCUT2D eigenvalue weighted by molar-refractivity contribution is 7.83. The minimum atomic E-state index is -4.34. The standard InChI is InChI=1S/C23H28N6O6S2/c1-12-8-25-23-21(35-4-3-29(12)23)16-7-19(36-13(16)2)20(31)17-10-24-11-26-22(17)28-15-5-14(18(30)6-15)9-27-37(32,33)34/h7-8,10-11,14-15,18,21,27,30H,3-6,9H2,1-2H3,(H,24,26,28)(H,32,33,34)/t14-,15-,18+,21-/m1/s1. The number of nitrogens with zero attached hydrogens (tertiary/aromatic N) is 4. The molecule has 5 rings (SSSR count). The number of aryl methyl sites for hydroxylation is 2. The quantitative estimate of drug-likeness (QED) is 0.240. The SMILES string of the molecule is Cc1sc(C(=O)c2cncnc2N[C@@H]2C[C@H](CNS(=O)(=O)O)[C@@H](O)C2)cc1[C@H]1OCCn2c(C)cnc21. The first-order valence-electron chi connectivity index (χ1n) is 11.9. The number of carbonyl (C=O) groups is 1. The number of aromatic nitrogens is 4. The maximum atomic E-state index is 13.6. The molecular formula is C23H28N6O6S2. The van der Waals surface area contributed by atoms with Crippen LogP contribution in [0.1, 0.15) is 56.1 Å². The van der Waals surface area contributed by atoms with Gasteiger partial charge in [-0.1, -0.05) is 0 Å². The average molecular weight is 549 g/mol. The van der Waals surface area contributed by atoms with Gasteiger partial charge in [0.1, 0.15) is 24.1 Å². The second kappa shape index (κ2) is 10.2. The molecule has 0 spiro atoms. The van der Waals surface area contributed by atoms with Gasteiger partial charge in [-0.05, 0) is 32.8 Å². The van der Waals surface area contributed by atoms with Crippen molar-refractivity contribution >= 4 is 33.2 Å².